The van der Waals surface area contributed by atoms with Gasteiger partial charge in [0, 0.05) is 9.99 Å². The summed E-state index contributed by atoms with van der Waals surface area (Å²) in [5, 5.41) is 10.7. The van der Waals surface area contributed by atoms with Crippen LogP contribution >= 0.6 is 22.6 Å². The first kappa shape index (κ1) is 14.5. The number of rotatable bonds is 4. The first-order chi connectivity index (χ1) is 9.01. The molecule has 19 heavy (non-hydrogen) atoms. The van der Waals surface area contributed by atoms with Crippen molar-refractivity contribution in [3.05, 3.63) is 68.8 Å². The normalized spacial score (nSPS) is 14.1. The number of hydrogen-bond acceptors (Lipinski definition) is 1. The molecule has 0 aromatic heterocycles. The fourth-order valence-electron chi connectivity index (χ4n) is 2.20. The Bertz CT molecular complexity index is 526. The van der Waals surface area contributed by atoms with Gasteiger partial charge < -0.3 is 5.11 Å². The van der Waals surface area contributed by atoms with E-state index >= 15 is 0 Å². The summed E-state index contributed by atoms with van der Waals surface area (Å²) >= 11 is 2.27. The number of halogens is 1. The van der Waals surface area contributed by atoms with Gasteiger partial charge in [0.25, 0.3) is 0 Å². The highest BCUT2D eigenvalue weighted by molar-refractivity contribution is 14.1. The van der Waals surface area contributed by atoms with Crippen molar-refractivity contribution in [2.75, 3.05) is 0 Å². The smallest absolute Gasteiger partial charge is 0.0908 e. The van der Waals surface area contributed by atoms with E-state index in [1.54, 1.807) is 0 Å². The summed E-state index contributed by atoms with van der Waals surface area (Å²) in [5.41, 5.74) is 2.64. The van der Waals surface area contributed by atoms with Crippen LogP contribution in [-0.4, -0.2) is 5.11 Å². The Hall–Kier alpha value is -0.870. The van der Waals surface area contributed by atoms with E-state index in [1.165, 1.54) is 14.7 Å². The summed E-state index contributed by atoms with van der Waals surface area (Å²) in [5.74, 6) is 0. The predicted octanol–water partition coefficient (Wildman–Crippen LogP) is 4.30. The molecule has 0 saturated heterocycles. The maximum atomic E-state index is 10.7. The summed E-state index contributed by atoms with van der Waals surface area (Å²) in [4.78, 5) is 0. The molecule has 0 fully saturated rings. The van der Waals surface area contributed by atoms with Gasteiger partial charge in [-0.15, -0.1) is 0 Å². The Labute approximate surface area is 128 Å². The molecule has 0 bridgehead atoms. The average molecular weight is 366 g/mol. The number of benzene rings is 2. The van der Waals surface area contributed by atoms with Gasteiger partial charge in [0.2, 0.25) is 0 Å². The van der Waals surface area contributed by atoms with E-state index in [2.05, 4.69) is 53.8 Å². The van der Waals surface area contributed by atoms with E-state index in [9.17, 15) is 5.11 Å². The van der Waals surface area contributed by atoms with Gasteiger partial charge in [-0.1, -0.05) is 43.3 Å². The molecule has 2 heteroatoms. The molecule has 0 spiro atoms. The van der Waals surface area contributed by atoms with Gasteiger partial charge in [-0.3, -0.25) is 0 Å². The lowest BCUT2D eigenvalue weighted by Crippen LogP contribution is -2.24. The molecule has 1 nitrogen and oxygen atoms in total. The zero-order valence-corrected chi connectivity index (χ0v) is 13.5. The Kier molecular flexibility index (Phi) is 4.63. The quantitative estimate of drug-likeness (QED) is 0.800. The summed E-state index contributed by atoms with van der Waals surface area (Å²) in [7, 11) is 0. The maximum absolute atomic E-state index is 10.7. The van der Waals surface area contributed by atoms with E-state index in [4.69, 9.17) is 0 Å². The van der Waals surface area contributed by atoms with E-state index in [0.717, 1.165) is 12.0 Å². The predicted molar refractivity (Wildman–Crippen MR) is 88.3 cm³/mol. The standard InChI is InChI=1S/C17H19IO/c1-3-13-4-6-14(7-5-13)12-17(2,19)15-8-10-16(18)11-9-15/h4-11,19H,3,12H2,1-2H3. The monoisotopic (exact) mass is 366 g/mol. The molecule has 2 aromatic carbocycles. The molecular weight excluding hydrogens is 347 g/mol. The molecule has 0 heterocycles. The van der Waals surface area contributed by atoms with E-state index in [-0.39, 0.29) is 0 Å². The van der Waals surface area contributed by atoms with E-state index in [0.29, 0.717) is 6.42 Å². The molecule has 100 valence electrons. The van der Waals surface area contributed by atoms with Crippen molar-refractivity contribution in [2.24, 2.45) is 0 Å². The highest BCUT2D eigenvalue weighted by atomic mass is 127. The van der Waals surface area contributed by atoms with Gasteiger partial charge in [-0.05, 0) is 64.8 Å². The van der Waals surface area contributed by atoms with Crippen molar-refractivity contribution in [3.8, 4) is 0 Å². The van der Waals surface area contributed by atoms with Crippen LogP contribution in [0, 0.1) is 3.57 Å². The van der Waals surface area contributed by atoms with Gasteiger partial charge in [0.15, 0.2) is 0 Å². The van der Waals surface area contributed by atoms with Crippen LogP contribution in [0.1, 0.15) is 30.5 Å². The number of aryl methyl sites for hydroxylation is 1. The molecule has 1 atom stereocenters. The van der Waals surface area contributed by atoms with Crippen molar-refractivity contribution in [2.45, 2.75) is 32.3 Å². The minimum atomic E-state index is -0.821. The van der Waals surface area contributed by atoms with Crippen molar-refractivity contribution < 1.29 is 5.11 Å². The maximum Gasteiger partial charge on any atom is 0.0908 e. The molecule has 1 N–H and O–H groups in total. The Balaban J connectivity index is 2.17. The first-order valence-corrected chi connectivity index (χ1v) is 7.65. The molecule has 0 aliphatic carbocycles. The summed E-state index contributed by atoms with van der Waals surface area (Å²) < 4.78 is 1.18. The summed E-state index contributed by atoms with van der Waals surface area (Å²) in [6.07, 6.45) is 1.69. The second-order valence-electron chi connectivity index (χ2n) is 5.13. The van der Waals surface area contributed by atoms with Crippen LogP contribution in [0.2, 0.25) is 0 Å². The van der Waals surface area contributed by atoms with Crippen LogP contribution in [0.15, 0.2) is 48.5 Å². The summed E-state index contributed by atoms with van der Waals surface area (Å²) in [6.45, 7) is 4.03. The van der Waals surface area contributed by atoms with Crippen LogP contribution in [0.5, 0.6) is 0 Å². The number of aliphatic hydroxyl groups is 1. The minimum absolute atomic E-state index is 0.636. The zero-order chi connectivity index (χ0) is 13.9. The fraction of sp³-hybridized carbons (Fsp3) is 0.294. The molecular formula is C17H19IO. The van der Waals surface area contributed by atoms with Crippen LogP contribution in [0.3, 0.4) is 0 Å². The largest absolute Gasteiger partial charge is 0.385 e. The second-order valence-corrected chi connectivity index (χ2v) is 6.37. The molecule has 2 aromatic rings. The van der Waals surface area contributed by atoms with Gasteiger partial charge in [0.1, 0.15) is 0 Å². The fourth-order valence-corrected chi connectivity index (χ4v) is 2.56. The highest BCUT2D eigenvalue weighted by Crippen LogP contribution is 2.26. The van der Waals surface area contributed by atoms with Gasteiger partial charge in [-0.2, -0.15) is 0 Å². The number of hydrogen-bond donors (Lipinski definition) is 1. The molecule has 0 aliphatic rings. The average Bonchev–Trinajstić information content (AvgIpc) is 2.40. The van der Waals surface area contributed by atoms with E-state index < -0.39 is 5.60 Å². The second kappa shape index (κ2) is 6.06. The molecule has 0 amide bonds. The topological polar surface area (TPSA) is 20.2 Å². The van der Waals surface area contributed by atoms with Gasteiger partial charge in [-0.25, -0.2) is 0 Å². The van der Waals surface area contributed by atoms with E-state index in [1.807, 2.05) is 31.2 Å². The Morgan fingerprint density at radius 2 is 1.47 bits per heavy atom. The van der Waals surface area contributed by atoms with Crippen LogP contribution in [0.25, 0.3) is 0 Å². The molecule has 0 saturated carbocycles. The molecule has 2 rings (SSSR count). The van der Waals surface area contributed by atoms with Crippen LogP contribution in [-0.2, 0) is 18.4 Å². The third-order valence-corrected chi connectivity index (χ3v) is 4.16. The SMILES string of the molecule is CCc1ccc(CC(C)(O)c2ccc(I)cc2)cc1. The highest BCUT2D eigenvalue weighted by Gasteiger charge is 2.23. The van der Waals surface area contributed by atoms with Crippen molar-refractivity contribution in [1.29, 1.82) is 0 Å². The van der Waals surface area contributed by atoms with Crippen LogP contribution in [0.4, 0.5) is 0 Å². The van der Waals surface area contributed by atoms with Crippen LogP contribution < -0.4 is 0 Å². The molecule has 1 unspecified atom stereocenters. The third kappa shape index (κ3) is 3.80. The van der Waals surface area contributed by atoms with Gasteiger partial charge >= 0.3 is 0 Å². The Morgan fingerprint density at radius 3 is 2.00 bits per heavy atom. The lowest BCUT2D eigenvalue weighted by Gasteiger charge is -2.24. The summed E-state index contributed by atoms with van der Waals surface area (Å²) in [6, 6.07) is 16.6. The van der Waals surface area contributed by atoms with Crippen molar-refractivity contribution in [1.82, 2.24) is 0 Å². The van der Waals surface area contributed by atoms with Gasteiger partial charge in [0.05, 0.1) is 5.60 Å². The third-order valence-electron chi connectivity index (χ3n) is 3.45. The lowest BCUT2D eigenvalue weighted by molar-refractivity contribution is 0.0576. The molecule has 0 radical (unpaired) electrons. The van der Waals surface area contributed by atoms with Crippen molar-refractivity contribution >= 4 is 22.6 Å². The minimum Gasteiger partial charge on any atom is -0.385 e. The first-order valence-electron chi connectivity index (χ1n) is 6.57. The molecule has 0 aliphatic heterocycles. The van der Waals surface area contributed by atoms with Crippen molar-refractivity contribution in [3.63, 3.8) is 0 Å². The Morgan fingerprint density at radius 1 is 0.947 bits per heavy atom. The lowest BCUT2D eigenvalue weighted by atomic mass is 9.89. The zero-order valence-electron chi connectivity index (χ0n) is 11.4.